The average molecular weight is 290 g/mol. The van der Waals surface area contributed by atoms with Gasteiger partial charge >= 0.3 is 5.97 Å². The van der Waals surface area contributed by atoms with E-state index in [-0.39, 0.29) is 18.4 Å². The minimum Gasteiger partial charge on any atom is -0.480 e. The van der Waals surface area contributed by atoms with Crippen LogP contribution in [0.25, 0.3) is 0 Å². The van der Waals surface area contributed by atoms with E-state index in [9.17, 15) is 14.7 Å². The molecule has 5 nitrogen and oxygen atoms in total. The number of benzene rings is 1. The van der Waals surface area contributed by atoms with E-state index in [0.29, 0.717) is 5.69 Å². The van der Waals surface area contributed by atoms with Gasteiger partial charge < -0.3 is 15.7 Å². The van der Waals surface area contributed by atoms with Crippen molar-refractivity contribution in [1.82, 2.24) is 5.32 Å². The zero-order chi connectivity index (χ0) is 15.2. The van der Waals surface area contributed by atoms with E-state index < -0.39 is 12.0 Å². The van der Waals surface area contributed by atoms with Gasteiger partial charge in [0, 0.05) is 11.7 Å². The number of anilines is 1. The highest BCUT2D eigenvalue weighted by Crippen LogP contribution is 2.19. The summed E-state index contributed by atoms with van der Waals surface area (Å²) in [4.78, 5) is 23.2. The molecule has 0 bridgehead atoms. The second-order valence-electron chi connectivity index (χ2n) is 5.66. The number of amides is 1. The lowest BCUT2D eigenvalue weighted by atomic mass is 10.1. The minimum absolute atomic E-state index is 0.0558. The zero-order valence-electron chi connectivity index (χ0n) is 12.3. The maximum Gasteiger partial charge on any atom is 0.321 e. The topological polar surface area (TPSA) is 78.4 Å². The molecule has 1 atom stereocenters. The van der Waals surface area contributed by atoms with Gasteiger partial charge in [-0.05, 0) is 31.9 Å². The first kappa shape index (κ1) is 15.5. The van der Waals surface area contributed by atoms with E-state index in [1.807, 2.05) is 31.2 Å². The van der Waals surface area contributed by atoms with Crippen molar-refractivity contribution in [2.24, 2.45) is 0 Å². The molecular formula is C16H22N2O3. The van der Waals surface area contributed by atoms with Crippen LogP contribution in [0.2, 0.25) is 0 Å². The molecule has 1 aliphatic carbocycles. The summed E-state index contributed by atoms with van der Waals surface area (Å²) in [5, 5.41) is 15.1. The van der Waals surface area contributed by atoms with Gasteiger partial charge in [-0.1, -0.05) is 30.5 Å². The summed E-state index contributed by atoms with van der Waals surface area (Å²) in [5.41, 5.74) is 1.80. The molecular weight excluding hydrogens is 268 g/mol. The Morgan fingerprint density at radius 1 is 1.24 bits per heavy atom. The number of carbonyl (C=O) groups excluding carboxylic acids is 1. The van der Waals surface area contributed by atoms with Crippen molar-refractivity contribution < 1.29 is 14.7 Å². The van der Waals surface area contributed by atoms with Crippen molar-refractivity contribution in [3.63, 3.8) is 0 Å². The summed E-state index contributed by atoms with van der Waals surface area (Å²) in [6, 6.07) is 6.83. The van der Waals surface area contributed by atoms with E-state index >= 15 is 0 Å². The summed E-state index contributed by atoms with van der Waals surface area (Å²) < 4.78 is 0. The van der Waals surface area contributed by atoms with Crippen molar-refractivity contribution in [1.29, 1.82) is 0 Å². The fourth-order valence-corrected chi connectivity index (χ4v) is 2.63. The van der Waals surface area contributed by atoms with Crippen molar-refractivity contribution in [3.8, 4) is 0 Å². The van der Waals surface area contributed by atoms with Gasteiger partial charge in [-0.25, -0.2) is 0 Å². The number of carboxylic acids is 1. The summed E-state index contributed by atoms with van der Waals surface area (Å²) in [6.45, 7) is 1.97. The number of carboxylic acid groups (broad SMARTS) is 1. The van der Waals surface area contributed by atoms with Crippen LogP contribution in [-0.2, 0) is 9.59 Å². The number of rotatable bonds is 6. The lowest BCUT2D eigenvalue weighted by Crippen LogP contribution is -2.44. The molecule has 114 valence electrons. The molecule has 2 rings (SSSR count). The summed E-state index contributed by atoms with van der Waals surface area (Å²) >= 11 is 0. The maximum atomic E-state index is 12.0. The second kappa shape index (κ2) is 7.22. The largest absolute Gasteiger partial charge is 0.480 e. The van der Waals surface area contributed by atoms with Crippen molar-refractivity contribution in [2.45, 2.75) is 51.1 Å². The predicted molar refractivity (Wildman–Crippen MR) is 81.2 cm³/mol. The van der Waals surface area contributed by atoms with Crippen LogP contribution >= 0.6 is 0 Å². The quantitative estimate of drug-likeness (QED) is 0.751. The van der Waals surface area contributed by atoms with E-state index in [1.54, 1.807) is 0 Å². The Morgan fingerprint density at radius 2 is 1.86 bits per heavy atom. The zero-order valence-corrected chi connectivity index (χ0v) is 12.3. The monoisotopic (exact) mass is 290 g/mol. The molecule has 0 radical (unpaired) electrons. The Morgan fingerprint density at radius 3 is 2.43 bits per heavy atom. The number of nitrogens with one attached hydrogen (secondary N) is 2. The first-order valence-electron chi connectivity index (χ1n) is 7.40. The lowest BCUT2D eigenvalue weighted by Gasteiger charge is -2.19. The molecule has 1 fully saturated rings. The molecule has 0 spiro atoms. The van der Waals surface area contributed by atoms with Crippen molar-refractivity contribution in [3.05, 3.63) is 29.8 Å². The van der Waals surface area contributed by atoms with Crippen LogP contribution in [0.15, 0.2) is 24.3 Å². The molecule has 0 aromatic heterocycles. The molecule has 1 aliphatic rings. The standard InChI is InChI=1S/C16H22N2O3/c1-11-6-8-13(9-7-11)18-15(19)10-14(16(20)21)17-12-4-2-3-5-12/h6-9,12,14,17H,2-5,10H2,1H3,(H,18,19)(H,20,21). The van der Waals surface area contributed by atoms with Gasteiger partial charge in [-0.3, -0.25) is 9.59 Å². The normalized spacial score (nSPS) is 16.6. The Labute approximate surface area is 124 Å². The minimum atomic E-state index is -0.971. The molecule has 0 saturated heterocycles. The third kappa shape index (κ3) is 4.86. The predicted octanol–water partition coefficient (Wildman–Crippen LogP) is 2.31. The van der Waals surface area contributed by atoms with Gasteiger partial charge in [0.15, 0.2) is 0 Å². The number of aliphatic carboxylic acids is 1. The molecule has 0 aliphatic heterocycles. The van der Waals surface area contributed by atoms with Crippen molar-refractivity contribution in [2.75, 3.05) is 5.32 Å². The molecule has 1 unspecified atom stereocenters. The molecule has 1 amide bonds. The summed E-state index contributed by atoms with van der Waals surface area (Å²) in [5.74, 6) is -1.25. The van der Waals surface area contributed by atoms with Crippen LogP contribution in [0.4, 0.5) is 5.69 Å². The average Bonchev–Trinajstić information content (AvgIpc) is 2.93. The molecule has 5 heteroatoms. The fraction of sp³-hybridized carbons (Fsp3) is 0.500. The van der Waals surface area contributed by atoms with E-state index in [4.69, 9.17) is 0 Å². The summed E-state index contributed by atoms with van der Waals surface area (Å²) in [7, 11) is 0. The first-order chi connectivity index (χ1) is 10.0. The third-order valence-corrected chi connectivity index (χ3v) is 3.81. The molecule has 1 saturated carbocycles. The molecule has 21 heavy (non-hydrogen) atoms. The number of hydrogen-bond acceptors (Lipinski definition) is 3. The van der Waals surface area contributed by atoms with Gasteiger partial charge in [0.25, 0.3) is 0 Å². The number of aryl methyl sites for hydroxylation is 1. The molecule has 3 N–H and O–H groups in total. The van der Waals surface area contributed by atoms with Crippen molar-refractivity contribution >= 4 is 17.6 Å². The van der Waals surface area contributed by atoms with Crippen LogP contribution < -0.4 is 10.6 Å². The third-order valence-electron chi connectivity index (χ3n) is 3.81. The van der Waals surface area contributed by atoms with E-state index in [2.05, 4.69) is 10.6 Å². The Bertz CT molecular complexity index is 493. The Kier molecular flexibility index (Phi) is 5.33. The van der Waals surface area contributed by atoms with E-state index in [0.717, 1.165) is 31.2 Å². The van der Waals surface area contributed by atoms with Gasteiger partial charge in [0.05, 0.1) is 6.42 Å². The lowest BCUT2D eigenvalue weighted by molar-refractivity contribution is -0.141. The van der Waals surface area contributed by atoms with Gasteiger partial charge in [-0.15, -0.1) is 0 Å². The molecule has 1 aromatic carbocycles. The number of carbonyl (C=O) groups is 2. The van der Waals surface area contributed by atoms with Crippen LogP contribution in [0.3, 0.4) is 0 Å². The maximum absolute atomic E-state index is 12.0. The van der Waals surface area contributed by atoms with Crippen LogP contribution in [0.5, 0.6) is 0 Å². The van der Waals surface area contributed by atoms with Crippen LogP contribution in [-0.4, -0.2) is 29.1 Å². The highest BCUT2D eigenvalue weighted by molar-refractivity contribution is 5.94. The SMILES string of the molecule is Cc1ccc(NC(=O)CC(NC2CCCC2)C(=O)O)cc1. The van der Waals surface area contributed by atoms with Gasteiger partial charge in [0.2, 0.25) is 5.91 Å². The van der Waals surface area contributed by atoms with Gasteiger partial charge in [-0.2, -0.15) is 0 Å². The van der Waals surface area contributed by atoms with Gasteiger partial charge in [0.1, 0.15) is 6.04 Å². The van der Waals surface area contributed by atoms with Crippen LogP contribution in [0.1, 0.15) is 37.7 Å². The fourth-order valence-electron chi connectivity index (χ4n) is 2.63. The highest BCUT2D eigenvalue weighted by atomic mass is 16.4. The van der Waals surface area contributed by atoms with E-state index in [1.165, 1.54) is 0 Å². The summed E-state index contributed by atoms with van der Waals surface area (Å²) in [6.07, 6.45) is 4.17. The number of hydrogen-bond donors (Lipinski definition) is 3. The van der Waals surface area contributed by atoms with Crippen LogP contribution in [0, 0.1) is 6.92 Å². The first-order valence-corrected chi connectivity index (χ1v) is 7.40. The molecule has 1 aromatic rings. The second-order valence-corrected chi connectivity index (χ2v) is 5.66. The molecule has 0 heterocycles. The Hall–Kier alpha value is -1.88. The smallest absolute Gasteiger partial charge is 0.321 e. The Balaban J connectivity index is 1.88. The highest BCUT2D eigenvalue weighted by Gasteiger charge is 2.25.